The summed E-state index contributed by atoms with van der Waals surface area (Å²) < 4.78 is 16.8. The minimum Gasteiger partial charge on any atom is -0.356 e. The van der Waals surface area contributed by atoms with Crippen molar-refractivity contribution in [2.24, 2.45) is 0 Å². The van der Waals surface area contributed by atoms with E-state index in [9.17, 15) is 0 Å². The maximum absolute atomic E-state index is 5.93. The Morgan fingerprint density at radius 3 is 1.37 bits per heavy atom. The molecule has 0 aromatic rings. The number of rotatable bonds is 20. The van der Waals surface area contributed by atoms with E-state index in [1.807, 2.05) is 0 Å². The van der Waals surface area contributed by atoms with Crippen molar-refractivity contribution in [1.82, 2.24) is 0 Å². The molecule has 0 rings (SSSR count). The van der Waals surface area contributed by atoms with E-state index < -0.39 is 0 Å². The van der Waals surface area contributed by atoms with Gasteiger partial charge in [0.2, 0.25) is 0 Å². The van der Waals surface area contributed by atoms with Gasteiger partial charge in [0.05, 0.1) is 0 Å². The maximum Gasteiger partial charge on any atom is 0.160 e. The number of unbranched alkanes of at least 4 members (excludes halogenated alkanes) is 6. The van der Waals surface area contributed by atoms with E-state index in [1.165, 1.54) is 25.7 Å². The van der Waals surface area contributed by atoms with Crippen molar-refractivity contribution in [1.29, 1.82) is 0 Å². The molecule has 0 aromatic carbocycles. The van der Waals surface area contributed by atoms with E-state index >= 15 is 0 Å². The van der Waals surface area contributed by atoms with Gasteiger partial charge in [-0.2, -0.15) is 0 Å². The van der Waals surface area contributed by atoms with Gasteiger partial charge < -0.3 is 14.2 Å². The fraction of sp³-hybridized carbons (Fsp3) is 0.818. The standard InChI is InChI=1S/C22H40Cl2O3/c1-25-21(17-13-9-5-3-7-11-15-19-23)27-22(26-2)18-14-10-6-4-8-12-16-20-24/h5-6,9-10,21-22H,3-4,7-8,11-20H2,1-2H3. The van der Waals surface area contributed by atoms with Crippen molar-refractivity contribution in [3.05, 3.63) is 24.3 Å². The molecule has 0 aliphatic heterocycles. The summed E-state index contributed by atoms with van der Waals surface area (Å²) in [5, 5.41) is 0. The summed E-state index contributed by atoms with van der Waals surface area (Å²) in [6.07, 6.45) is 21.3. The Hall–Kier alpha value is -0.0600. The van der Waals surface area contributed by atoms with Crippen LogP contribution in [0.3, 0.4) is 0 Å². The molecule has 0 amide bonds. The fourth-order valence-corrected chi connectivity index (χ4v) is 3.03. The second-order valence-electron chi connectivity index (χ2n) is 6.64. The highest BCUT2D eigenvalue weighted by Gasteiger charge is 2.14. The van der Waals surface area contributed by atoms with Crippen molar-refractivity contribution >= 4 is 23.2 Å². The molecule has 160 valence electrons. The molecule has 2 unspecified atom stereocenters. The zero-order chi connectivity index (χ0) is 20.0. The molecule has 0 saturated carbocycles. The SMILES string of the molecule is COC(CCC=CCCCCCCl)OC(CCC=CCCCCCCl)OC. The molecule has 2 atom stereocenters. The van der Waals surface area contributed by atoms with Gasteiger partial charge in [-0.05, 0) is 51.4 Å². The van der Waals surface area contributed by atoms with Crippen LogP contribution in [0.2, 0.25) is 0 Å². The molecule has 0 N–H and O–H groups in total. The van der Waals surface area contributed by atoms with Gasteiger partial charge in [-0.25, -0.2) is 0 Å². The number of ether oxygens (including phenoxy) is 3. The second-order valence-corrected chi connectivity index (χ2v) is 7.40. The minimum atomic E-state index is -0.226. The number of alkyl halides is 2. The molecule has 0 bridgehead atoms. The summed E-state index contributed by atoms with van der Waals surface area (Å²) >= 11 is 11.4. The van der Waals surface area contributed by atoms with Gasteiger partial charge in [0.25, 0.3) is 0 Å². The van der Waals surface area contributed by atoms with Crippen LogP contribution in [0.1, 0.15) is 77.0 Å². The van der Waals surface area contributed by atoms with E-state index in [1.54, 1.807) is 14.2 Å². The van der Waals surface area contributed by atoms with Crippen LogP contribution in [0.4, 0.5) is 0 Å². The molecule has 3 nitrogen and oxygen atoms in total. The van der Waals surface area contributed by atoms with Crippen molar-refractivity contribution in [3.63, 3.8) is 0 Å². The topological polar surface area (TPSA) is 27.7 Å². The van der Waals surface area contributed by atoms with Crippen molar-refractivity contribution < 1.29 is 14.2 Å². The van der Waals surface area contributed by atoms with E-state index in [0.29, 0.717) is 0 Å². The van der Waals surface area contributed by atoms with Gasteiger partial charge >= 0.3 is 0 Å². The Labute approximate surface area is 177 Å². The number of hydrogen-bond acceptors (Lipinski definition) is 3. The lowest BCUT2D eigenvalue weighted by Gasteiger charge is -2.22. The number of halogens is 2. The third-order valence-electron chi connectivity index (χ3n) is 4.31. The first-order valence-electron chi connectivity index (χ1n) is 10.4. The Morgan fingerprint density at radius 1 is 0.593 bits per heavy atom. The van der Waals surface area contributed by atoms with E-state index in [4.69, 9.17) is 37.4 Å². The van der Waals surface area contributed by atoms with Crippen LogP contribution in [-0.2, 0) is 14.2 Å². The van der Waals surface area contributed by atoms with Crippen molar-refractivity contribution in [3.8, 4) is 0 Å². The van der Waals surface area contributed by atoms with E-state index in [-0.39, 0.29) is 12.6 Å². The lowest BCUT2D eigenvalue weighted by Crippen LogP contribution is -2.25. The zero-order valence-corrected chi connectivity index (χ0v) is 18.9. The fourth-order valence-electron chi connectivity index (χ4n) is 2.66. The normalized spacial score (nSPS) is 14.4. The zero-order valence-electron chi connectivity index (χ0n) is 17.3. The van der Waals surface area contributed by atoms with Crippen molar-refractivity contribution in [2.45, 2.75) is 89.6 Å². The lowest BCUT2D eigenvalue weighted by molar-refractivity contribution is -0.232. The summed E-state index contributed by atoms with van der Waals surface area (Å²) in [5.74, 6) is 1.53. The molecule has 0 radical (unpaired) electrons. The van der Waals surface area contributed by atoms with Crippen LogP contribution in [0.5, 0.6) is 0 Å². The molecule has 27 heavy (non-hydrogen) atoms. The average molecular weight is 423 g/mol. The highest BCUT2D eigenvalue weighted by molar-refractivity contribution is 6.18. The molecular formula is C22H40Cl2O3. The average Bonchev–Trinajstić information content (AvgIpc) is 2.69. The van der Waals surface area contributed by atoms with Gasteiger partial charge in [-0.1, -0.05) is 37.1 Å². The van der Waals surface area contributed by atoms with Crippen LogP contribution in [-0.4, -0.2) is 38.6 Å². The first-order chi connectivity index (χ1) is 13.3. The number of hydrogen-bond donors (Lipinski definition) is 0. The van der Waals surface area contributed by atoms with E-state index in [2.05, 4.69) is 24.3 Å². The monoisotopic (exact) mass is 422 g/mol. The predicted octanol–water partition coefficient (Wildman–Crippen LogP) is 7.22. The van der Waals surface area contributed by atoms with Crippen molar-refractivity contribution in [2.75, 3.05) is 26.0 Å². The summed E-state index contributed by atoms with van der Waals surface area (Å²) in [4.78, 5) is 0. The Morgan fingerprint density at radius 2 is 1.00 bits per heavy atom. The Kier molecular flexibility index (Phi) is 22.2. The molecule has 0 spiro atoms. The Bertz CT molecular complexity index is 316. The van der Waals surface area contributed by atoms with Gasteiger partial charge in [0.15, 0.2) is 12.6 Å². The van der Waals surface area contributed by atoms with Gasteiger partial charge in [-0.3, -0.25) is 0 Å². The summed E-state index contributed by atoms with van der Waals surface area (Å²) in [6, 6.07) is 0. The molecular weight excluding hydrogens is 383 g/mol. The molecule has 0 saturated heterocycles. The van der Waals surface area contributed by atoms with Gasteiger partial charge in [0, 0.05) is 38.8 Å². The molecule has 0 fully saturated rings. The van der Waals surface area contributed by atoms with Crippen LogP contribution >= 0.6 is 23.2 Å². The van der Waals surface area contributed by atoms with Crippen LogP contribution < -0.4 is 0 Å². The second kappa shape index (κ2) is 22.2. The Balaban J connectivity index is 3.84. The third-order valence-corrected chi connectivity index (χ3v) is 4.84. The number of allylic oxidation sites excluding steroid dienone is 4. The lowest BCUT2D eigenvalue weighted by atomic mass is 10.2. The third kappa shape index (κ3) is 19.0. The van der Waals surface area contributed by atoms with Gasteiger partial charge in [-0.15, -0.1) is 23.2 Å². The largest absolute Gasteiger partial charge is 0.356 e. The highest BCUT2D eigenvalue weighted by Crippen LogP contribution is 2.13. The molecule has 5 heteroatoms. The highest BCUT2D eigenvalue weighted by atomic mass is 35.5. The van der Waals surface area contributed by atoms with Crippen LogP contribution in [0, 0.1) is 0 Å². The maximum atomic E-state index is 5.93. The molecule has 0 aliphatic rings. The van der Waals surface area contributed by atoms with E-state index in [0.717, 1.165) is 63.1 Å². The summed E-state index contributed by atoms with van der Waals surface area (Å²) in [5.41, 5.74) is 0. The summed E-state index contributed by atoms with van der Waals surface area (Å²) in [7, 11) is 3.38. The van der Waals surface area contributed by atoms with Crippen LogP contribution in [0.25, 0.3) is 0 Å². The quantitative estimate of drug-likeness (QED) is 0.0895. The minimum absolute atomic E-state index is 0.226. The summed E-state index contributed by atoms with van der Waals surface area (Å²) in [6.45, 7) is 0. The number of methoxy groups -OCH3 is 2. The first-order valence-corrected chi connectivity index (χ1v) is 11.5. The van der Waals surface area contributed by atoms with Crippen LogP contribution in [0.15, 0.2) is 24.3 Å². The predicted molar refractivity (Wildman–Crippen MR) is 118 cm³/mol. The molecule has 0 heterocycles. The molecule has 0 aromatic heterocycles. The smallest absolute Gasteiger partial charge is 0.160 e. The molecule has 0 aliphatic carbocycles. The van der Waals surface area contributed by atoms with Gasteiger partial charge in [0.1, 0.15) is 0 Å². The first kappa shape index (κ1) is 26.9.